The van der Waals surface area contributed by atoms with Crippen LogP contribution >= 0.6 is 0 Å². The minimum atomic E-state index is 0.667. The fraction of sp³-hybridized carbons (Fsp3) is 0.812. The minimum Gasteiger partial charge on any atom is -0.331 e. The number of imidazole rings is 1. The van der Waals surface area contributed by atoms with Crippen LogP contribution in [-0.2, 0) is 0 Å². The first-order chi connectivity index (χ1) is 9.88. The van der Waals surface area contributed by atoms with E-state index in [4.69, 9.17) is 0 Å². The molecule has 0 aliphatic carbocycles. The molecule has 2 fully saturated rings. The zero-order valence-corrected chi connectivity index (χ0v) is 12.7. The van der Waals surface area contributed by atoms with Gasteiger partial charge in [-0.05, 0) is 45.2 Å². The summed E-state index contributed by atoms with van der Waals surface area (Å²) in [5.74, 6) is 0.667. The fourth-order valence-electron chi connectivity index (χ4n) is 3.78. The largest absolute Gasteiger partial charge is 0.331 e. The average molecular weight is 276 g/mol. The third kappa shape index (κ3) is 3.07. The van der Waals surface area contributed by atoms with E-state index in [1.165, 1.54) is 64.0 Å². The third-order valence-electron chi connectivity index (χ3n) is 4.90. The molecule has 2 saturated heterocycles. The first-order valence-electron chi connectivity index (χ1n) is 8.33. The third-order valence-corrected chi connectivity index (χ3v) is 4.90. The number of hydrogen-bond donors (Lipinski definition) is 1. The molecule has 4 heteroatoms. The Morgan fingerprint density at radius 1 is 1.30 bits per heavy atom. The molecule has 112 valence electrons. The van der Waals surface area contributed by atoms with Crippen LogP contribution in [0.2, 0.25) is 0 Å². The molecule has 20 heavy (non-hydrogen) atoms. The lowest BCUT2D eigenvalue weighted by atomic mass is 9.95. The Balaban J connectivity index is 1.64. The summed E-state index contributed by atoms with van der Waals surface area (Å²) in [5, 5.41) is 3.53. The van der Waals surface area contributed by atoms with Gasteiger partial charge < -0.3 is 14.8 Å². The van der Waals surface area contributed by atoms with Gasteiger partial charge in [-0.2, -0.15) is 0 Å². The van der Waals surface area contributed by atoms with Crippen molar-refractivity contribution in [1.82, 2.24) is 19.8 Å². The highest BCUT2D eigenvalue weighted by Gasteiger charge is 2.25. The monoisotopic (exact) mass is 276 g/mol. The molecule has 2 aliphatic rings. The van der Waals surface area contributed by atoms with Crippen LogP contribution in [0.4, 0.5) is 0 Å². The van der Waals surface area contributed by atoms with Gasteiger partial charge in [-0.1, -0.05) is 6.92 Å². The van der Waals surface area contributed by atoms with Crippen molar-refractivity contribution >= 4 is 0 Å². The van der Waals surface area contributed by atoms with Gasteiger partial charge in [0.25, 0.3) is 0 Å². The molecule has 1 unspecified atom stereocenters. The lowest BCUT2D eigenvalue weighted by Crippen LogP contribution is -2.36. The second kappa shape index (κ2) is 6.72. The number of rotatable bonds is 4. The van der Waals surface area contributed by atoms with E-state index in [0.717, 1.165) is 6.54 Å². The number of likely N-dealkylation sites (tertiary alicyclic amines) is 1. The maximum Gasteiger partial charge on any atom is 0.0950 e. The predicted octanol–water partition coefficient (Wildman–Crippen LogP) is 2.40. The predicted molar refractivity (Wildman–Crippen MR) is 82.1 cm³/mol. The fourth-order valence-corrected chi connectivity index (χ4v) is 3.78. The van der Waals surface area contributed by atoms with Crippen molar-refractivity contribution in [3.63, 3.8) is 0 Å². The topological polar surface area (TPSA) is 33.1 Å². The lowest BCUT2D eigenvalue weighted by Gasteiger charge is -2.34. The molecule has 3 heterocycles. The highest BCUT2D eigenvalue weighted by atomic mass is 15.2. The quantitative estimate of drug-likeness (QED) is 0.916. The molecule has 0 bridgehead atoms. The van der Waals surface area contributed by atoms with Gasteiger partial charge in [-0.3, -0.25) is 0 Å². The zero-order chi connectivity index (χ0) is 13.8. The SMILES string of the molecule is CCCN1CCC(n2cncc2C2CCCNC2)CC1. The summed E-state index contributed by atoms with van der Waals surface area (Å²) in [4.78, 5) is 7.06. The van der Waals surface area contributed by atoms with Gasteiger partial charge in [0.1, 0.15) is 0 Å². The second-order valence-corrected chi connectivity index (χ2v) is 6.34. The summed E-state index contributed by atoms with van der Waals surface area (Å²) in [6.45, 7) is 8.34. The normalized spacial score (nSPS) is 25.9. The Hall–Kier alpha value is -0.870. The van der Waals surface area contributed by atoms with Crippen molar-refractivity contribution in [2.45, 2.75) is 51.0 Å². The van der Waals surface area contributed by atoms with Crippen LogP contribution in [0, 0.1) is 0 Å². The molecule has 0 amide bonds. The van der Waals surface area contributed by atoms with E-state index < -0.39 is 0 Å². The van der Waals surface area contributed by atoms with Gasteiger partial charge in [-0.25, -0.2) is 4.98 Å². The molecule has 4 nitrogen and oxygen atoms in total. The standard InChI is InChI=1S/C16H28N4/c1-2-8-19-9-5-15(6-10-19)20-13-18-12-16(20)14-4-3-7-17-11-14/h12-15,17H,2-11H2,1H3. The summed E-state index contributed by atoms with van der Waals surface area (Å²) in [5.41, 5.74) is 1.46. The van der Waals surface area contributed by atoms with Gasteiger partial charge in [0.2, 0.25) is 0 Å². The molecular weight excluding hydrogens is 248 g/mol. The molecule has 0 spiro atoms. The van der Waals surface area contributed by atoms with Crippen LogP contribution < -0.4 is 5.32 Å². The first kappa shape index (κ1) is 14.1. The van der Waals surface area contributed by atoms with E-state index in [0.29, 0.717) is 12.0 Å². The maximum absolute atomic E-state index is 4.45. The van der Waals surface area contributed by atoms with Crippen molar-refractivity contribution in [3.8, 4) is 0 Å². The Morgan fingerprint density at radius 3 is 2.85 bits per heavy atom. The van der Waals surface area contributed by atoms with Crippen molar-refractivity contribution in [3.05, 3.63) is 18.2 Å². The average Bonchev–Trinajstić information content (AvgIpc) is 2.99. The summed E-state index contributed by atoms with van der Waals surface area (Å²) < 4.78 is 2.49. The summed E-state index contributed by atoms with van der Waals surface area (Å²) in [6, 6.07) is 0.669. The number of nitrogens with one attached hydrogen (secondary N) is 1. The first-order valence-corrected chi connectivity index (χ1v) is 8.33. The Morgan fingerprint density at radius 2 is 2.15 bits per heavy atom. The molecule has 0 saturated carbocycles. The van der Waals surface area contributed by atoms with E-state index in [-0.39, 0.29) is 0 Å². The molecule has 0 radical (unpaired) electrons. The van der Waals surface area contributed by atoms with E-state index in [2.05, 4.69) is 39.2 Å². The van der Waals surface area contributed by atoms with E-state index in [1.807, 2.05) is 0 Å². The van der Waals surface area contributed by atoms with Crippen molar-refractivity contribution in [2.75, 3.05) is 32.7 Å². The molecule has 1 atom stereocenters. The second-order valence-electron chi connectivity index (χ2n) is 6.34. The van der Waals surface area contributed by atoms with Crippen molar-refractivity contribution < 1.29 is 0 Å². The Bertz CT molecular complexity index is 400. The molecule has 2 aliphatic heterocycles. The van der Waals surface area contributed by atoms with Crippen LogP contribution in [0.3, 0.4) is 0 Å². The number of aromatic nitrogens is 2. The van der Waals surface area contributed by atoms with Crippen LogP contribution in [0.25, 0.3) is 0 Å². The van der Waals surface area contributed by atoms with Gasteiger partial charge in [-0.15, -0.1) is 0 Å². The van der Waals surface area contributed by atoms with E-state index in [9.17, 15) is 0 Å². The number of nitrogens with zero attached hydrogens (tertiary/aromatic N) is 3. The highest BCUT2D eigenvalue weighted by Crippen LogP contribution is 2.29. The summed E-state index contributed by atoms with van der Waals surface area (Å²) in [7, 11) is 0. The van der Waals surface area contributed by atoms with Gasteiger partial charge in [0.05, 0.1) is 6.33 Å². The molecule has 0 aromatic carbocycles. The molecule has 1 aromatic heterocycles. The van der Waals surface area contributed by atoms with Crippen LogP contribution in [-0.4, -0.2) is 47.2 Å². The zero-order valence-electron chi connectivity index (χ0n) is 12.7. The summed E-state index contributed by atoms with van der Waals surface area (Å²) in [6.07, 6.45) is 10.6. The molecule has 3 rings (SSSR count). The van der Waals surface area contributed by atoms with Crippen LogP contribution in [0.5, 0.6) is 0 Å². The smallest absolute Gasteiger partial charge is 0.0950 e. The molecular formula is C16H28N4. The van der Waals surface area contributed by atoms with E-state index in [1.54, 1.807) is 0 Å². The lowest BCUT2D eigenvalue weighted by molar-refractivity contribution is 0.184. The number of piperidine rings is 2. The van der Waals surface area contributed by atoms with Crippen molar-refractivity contribution in [2.24, 2.45) is 0 Å². The molecule has 1 aromatic rings. The molecule has 1 N–H and O–H groups in total. The van der Waals surface area contributed by atoms with Crippen molar-refractivity contribution in [1.29, 1.82) is 0 Å². The minimum absolute atomic E-state index is 0.667. The van der Waals surface area contributed by atoms with Gasteiger partial charge in [0, 0.05) is 43.5 Å². The number of hydrogen-bond acceptors (Lipinski definition) is 3. The Kier molecular flexibility index (Phi) is 4.73. The highest BCUT2D eigenvalue weighted by molar-refractivity contribution is 5.10. The van der Waals surface area contributed by atoms with Gasteiger partial charge in [0.15, 0.2) is 0 Å². The maximum atomic E-state index is 4.45. The Labute approximate surface area is 122 Å². The summed E-state index contributed by atoms with van der Waals surface area (Å²) >= 11 is 0. The van der Waals surface area contributed by atoms with Gasteiger partial charge >= 0.3 is 0 Å². The van der Waals surface area contributed by atoms with Crippen LogP contribution in [0.15, 0.2) is 12.5 Å². The van der Waals surface area contributed by atoms with Crippen LogP contribution in [0.1, 0.15) is 56.7 Å². The van der Waals surface area contributed by atoms with E-state index >= 15 is 0 Å².